The van der Waals surface area contributed by atoms with E-state index >= 15 is 0 Å². The summed E-state index contributed by atoms with van der Waals surface area (Å²) in [5.41, 5.74) is 2.07. The Kier molecular flexibility index (Phi) is 6.09. The van der Waals surface area contributed by atoms with Crippen LogP contribution in [0.25, 0.3) is 0 Å². The van der Waals surface area contributed by atoms with E-state index in [1.807, 2.05) is 65.6 Å². The number of carbonyl (C=O) groups excluding carboxylic acids is 2. The number of para-hydroxylation sites is 2. The van der Waals surface area contributed by atoms with Crippen LogP contribution >= 0.6 is 0 Å². The first kappa shape index (κ1) is 19.7. The van der Waals surface area contributed by atoms with E-state index in [-0.39, 0.29) is 11.8 Å². The molecule has 1 N–H and O–H groups in total. The highest BCUT2D eigenvalue weighted by Gasteiger charge is 2.18. The fourth-order valence-electron chi connectivity index (χ4n) is 3.52. The van der Waals surface area contributed by atoms with Crippen LogP contribution in [0.3, 0.4) is 0 Å². The molecule has 3 aromatic rings. The smallest absolute Gasteiger partial charge is 0.259 e. The SMILES string of the molecule is O=C(Nc1ccc(CC(=O)N2CCCC2)cc1)c1ccccc1Oc1ccccc1. The lowest BCUT2D eigenvalue weighted by Gasteiger charge is -2.15. The second-order valence-electron chi connectivity index (χ2n) is 7.33. The second-order valence-corrected chi connectivity index (χ2v) is 7.33. The van der Waals surface area contributed by atoms with Gasteiger partial charge in [0.25, 0.3) is 5.91 Å². The molecular formula is C25H24N2O3. The van der Waals surface area contributed by atoms with Gasteiger partial charge in [0.05, 0.1) is 12.0 Å². The molecule has 5 nitrogen and oxygen atoms in total. The van der Waals surface area contributed by atoms with Crippen LogP contribution in [-0.2, 0) is 11.2 Å². The first-order chi connectivity index (χ1) is 14.7. The summed E-state index contributed by atoms with van der Waals surface area (Å²) in [6, 6.07) is 23.9. The number of ether oxygens (including phenoxy) is 1. The first-order valence-corrected chi connectivity index (χ1v) is 10.2. The molecule has 0 unspecified atom stereocenters. The van der Waals surface area contributed by atoms with E-state index in [0.29, 0.717) is 29.2 Å². The largest absolute Gasteiger partial charge is 0.457 e. The van der Waals surface area contributed by atoms with Crippen molar-refractivity contribution in [1.29, 1.82) is 0 Å². The van der Waals surface area contributed by atoms with Crippen LogP contribution in [0.1, 0.15) is 28.8 Å². The quantitative estimate of drug-likeness (QED) is 0.640. The first-order valence-electron chi connectivity index (χ1n) is 10.2. The lowest BCUT2D eigenvalue weighted by molar-refractivity contribution is -0.129. The highest BCUT2D eigenvalue weighted by molar-refractivity contribution is 6.06. The number of carbonyl (C=O) groups is 2. The highest BCUT2D eigenvalue weighted by Crippen LogP contribution is 2.26. The number of hydrogen-bond donors (Lipinski definition) is 1. The van der Waals surface area contributed by atoms with Crippen molar-refractivity contribution < 1.29 is 14.3 Å². The van der Waals surface area contributed by atoms with Crippen molar-refractivity contribution >= 4 is 17.5 Å². The Morgan fingerprint density at radius 1 is 0.833 bits per heavy atom. The van der Waals surface area contributed by atoms with Gasteiger partial charge < -0.3 is 15.0 Å². The molecule has 0 aromatic heterocycles. The van der Waals surface area contributed by atoms with Crippen molar-refractivity contribution in [2.45, 2.75) is 19.3 Å². The molecule has 1 fully saturated rings. The molecular weight excluding hydrogens is 376 g/mol. The van der Waals surface area contributed by atoms with Crippen LogP contribution in [-0.4, -0.2) is 29.8 Å². The lowest BCUT2D eigenvalue weighted by atomic mass is 10.1. The van der Waals surface area contributed by atoms with Crippen LogP contribution in [0.4, 0.5) is 5.69 Å². The zero-order valence-electron chi connectivity index (χ0n) is 16.7. The lowest BCUT2D eigenvalue weighted by Crippen LogP contribution is -2.29. The maximum Gasteiger partial charge on any atom is 0.259 e. The minimum Gasteiger partial charge on any atom is -0.457 e. The maximum atomic E-state index is 12.8. The van der Waals surface area contributed by atoms with Gasteiger partial charge in [-0.15, -0.1) is 0 Å². The van der Waals surface area contributed by atoms with Gasteiger partial charge in [-0.05, 0) is 54.8 Å². The van der Waals surface area contributed by atoms with E-state index in [0.717, 1.165) is 31.5 Å². The van der Waals surface area contributed by atoms with Crippen LogP contribution < -0.4 is 10.1 Å². The molecule has 1 saturated heterocycles. The Morgan fingerprint density at radius 2 is 1.50 bits per heavy atom. The number of amides is 2. The molecule has 0 saturated carbocycles. The van der Waals surface area contributed by atoms with E-state index in [1.54, 1.807) is 18.2 Å². The summed E-state index contributed by atoms with van der Waals surface area (Å²) in [4.78, 5) is 27.0. The normalized spacial score (nSPS) is 13.1. The minimum absolute atomic E-state index is 0.163. The number of nitrogens with zero attached hydrogens (tertiary/aromatic N) is 1. The van der Waals surface area contributed by atoms with Crippen LogP contribution in [0.5, 0.6) is 11.5 Å². The molecule has 0 bridgehead atoms. The summed E-state index contributed by atoms with van der Waals surface area (Å²) in [6.07, 6.45) is 2.57. The molecule has 4 rings (SSSR count). The second kappa shape index (κ2) is 9.27. The Labute approximate surface area is 176 Å². The predicted octanol–water partition coefficient (Wildman–Crippen LogP) is 4.90. The van der Waals surface area contributed by atoms with E-state index in [1.165, 1.54) is 0 Å². The Balaban J connectivity index is 1.41. The van der Waals surface area contributed by atoms with Gasteiger partial charge in [-0.25, -0.2) is 0 Å². The van der Waals surface area contributed by atoms with Crippen molar-refractivity contribution in [2.24, 2.45) is 0 Å². The van der Waals surface area contributed by atoms with E-state index in [9.17, 15) is 9.59 Å². The summed E-state index contributed by atoms with van der Waals surface area (Å²) in [5.74, 6) is 1.08. The molecule has 152 valence electrons. The molecule has 1 aliphatic rings. The van der Waals surface area contributed by atoms with Gasteiger partial charge in [0.15, 0.2) is 0 Å². The minimum atomic E-state index is -0.248. The fourth-order valence-corrected chi connectivity index (χ4v) is 3.52. The maximum absolute atomic E-state index is 12.8. The third kappa shape index (κ3) is 4.87. The summed E-state index contributed by atoms with van der Waals surface area (Å²) in [5, 5.41) is 2.91. The summed E-state index contributed by atoms with van der Waals surface area (Å²) < 4.78 is 5.88. The third-order valence-electron chi connectivity index (χ3n) is 5.13. The monoisotopic (exact) mass is 400 g/mol. The van der Waals surface area contributed by atoms with Gasteiger partial charge in [-0.3, -0.25) is 9.59 Å². The summed E-state index contributed by atoms with van der Waals surface area (Å²) in [7, 11) is 0. The summed E-state index contributed by atoms with van der Waals surface area (Å²) >= 11 is 0. The van der Waals surface area contributed by atoms with Crippen LogP contribution in [0.15, 0.2) is 78.9 Å². The zero-order valence-corrected chi connectivity index (χ0v) is 16.7. The van der Waals surface area contributed by atoms with Gasteiger partial charge in [-0.1, -0.05) is 42.5 Å². The number of hydrogen-bond acceptors (Lipinski definition) is 3. The van der Waals surface area contributed by atoms with Crippen LogP contribution in [0.2, 0.25) is 0 Å². The van der Waals surface area contributed by atoms with Crippen molar-refractivity contribution in [2.75, 3.05) is 18.4 Å². The summed E-state index contributed by atoms with van der Waals surface area (Å²) in [6.45, 7) is 1.72. The average Bonchev–Trinajstić information content (AvgIpc) is 3.31. The molecule has 5 heteroatoms. The molecule has 0 spiro atoms. The number of nitrogens with one attached hydrogen (secondary N) is 1. The van der Waals surface area contributed by atoms with Gasteiger partial charge in [-0.2, -0.15) is 0 Å². The third-order valence-corrected chi connectivity index (χ3v) is 5.13. The Bertz CT molecular complexity index is 1010. The standard InChI is InChI=1S/C25H24N2O3/c28-24(27-16-6-7-17-27)18-19-12-14-20(15-13-19)26-25(29)22-10-4-5-11-23(22)30-21-8-2-1-3-9-21/h1-5,8-15H,6-7,16-18H2,(H,26,29). The van der Waals surface area contributed by atoms with Gasteiger partial charge in [0.1, 0.15) is 11.5 Å². The van der Waals surface area contributed by atoms with E-state index < -0.39 is 0 Å². The molecule has 0 radical (unpaired) electrons. The highest BCUT2D eigenvalue weighted by atomic mass is 16.5. The Hall–Kier alpha value is -3.60. The molecule has 1 heterocycles. The number of benzene rings is 3. The average molecular weight is 400 g/mol. The molecule has 1 aliphatic heterocycles. The number of likely N-dealkylation sites (tertiary alicyclic amines) is 1. The predicted molar refractivity (Wildman–Crippen MR) is 117 cm³/mol. The van der Waals surface area contributed by atoms with E-state index in [4.69, 9.17) is 4.74 Å². The topological polar surface area (TPSA) is 58.6 Å². The van der Waals surface area contributed by atoms with Gasteiger partial charge in [0, 0.05) is 18.8 Å². The molecule has 30 heavy (non-hydrogen) atoms. The van der Waals surface area contributed by atoms with Crippen molar-refractivity contribution in [3.8, 4) is 11.5 Å². The van der Waals surface area contributed by atoms with Crippen molar-refractivity contribution in [3.63, 3.8) is 0 Å². The fraction of sp³-hybridized carbons (Fsp3) is 0.200. The van der Waals surface area contributed by atoms with E-state index in [2.05, 4.69) is 5.32 Å². The number of anilines is 1. The van der Waals surface area contributed by atoms with Gasteiger partial charge in [0.2, 0.25) is 5.91 Å². The van der Waals surface area contributed by atoms with Crippen molar-refractivity contribution in [3.05, 3.63) is 90.0 Å². The van der Waals surface area contributed by atoms with Gasteiger partial charge >= 0.3 is 0 Å². The molecule has 2 amide bonds. The Morgan fingerprint density at radius 3 is 2.23 bits per heavy atom. The molecule has 3 aromatic carbocycles. The van der Waals surface area contributed by atoms with Crippen molar-refractivity contribution in [1.82, 2.24) is 4.90 Å². The number of rotatable bonds is 6. The van der Waals surface area contributed by atoms with Crippen LogP contribution in [0, 0.1) is 0 Å². The molecule has 0 aliphatic carbocycles. The molecule has 0 atom stereocenters. The zero-order chi connectivity index (χ0) is 20.8.